The minimum absolute atomic E-state index is 0.0168. The summed E-state index contributed by atoms with van der Waals surface area (Å²) in [6.07, 6.45) is 0.295. The van der Waals surface area contributed by atoms with Crippen LogP contribution in [0.4, 0.5) is 13.2 Å². The topological polar surface area (TPSA) is 95.6 Å². The Morgan fingerprint density at radius 3 is 2.10 bits per heavy atom. The summed E-state index contributed by atoms with van der Waals surface area (Å²) in [5, 5.41) is 4.80. The number of carbonyl (C=O) groups excluding carboxylic acids is 4. The third kappa shape index (κ3) is 4.73. The number of hydrogen-bond acceptors (Lipinski definition) is 4. The predicted molar refractivity (Wildman–Crippen MR) is 103 cm³/mol. The third-order valence-electron chi connectivity index (χ3n) is 4.68. The van der Waals surface area contributed by atoms with E-state index in [2.05, 4.69) is 10.6 Å². The first-order valence-corrected chi connectivity index (χ1v) is 9.45. The van der Waals surface area contributed by atoms with Crippen LogP contribution in [-0.2, 0) is 4.79 Å². The van der Waals surface area contributed by atoms with Crippen molar-refractivity contribution < 1.29 is 32.3 Å². The highest BCUT2D eigenvalue weighted by molar-refractivity contribution is 6.21. The maximum absolute atomic E-state index is 13.6. The zero-order valence-electron chi connectivity index (χ0n) is 16.2. The predicted octanol–water partition coefficient (Wildman–Crippen LogP) is 2.03. The van der Waals surface area contributed by atoms with E-state index in [9.17, 15) is 32.3 Å². The average molecular weight is 433 g/mol. The van der Waals surface area contributed by atoms with Gasteiger partial charge in [0.15, 0.2) is 17.5 Å². The maximum atomic E-state index is 13.6. The molecule has 0 radical (unpaired) electrons. The number of amides is 4. The Morgan fingerprint density at radius 2 is 1.45 bits per heavy atom. The molecule has 3 rings (SSSR count). The number of benzene rings is 2. The van der Waals surface area contributed by atoms with Crippen molar-refractivity contribution in [2.45, 2.75) is 12.8 Å². The van der Waals surface area contributed by atoms with E-state index in [1.165, 1.54) is 0 Å². The zero-order chi connectivity index (χ0) is 22.5. The van der Waals surface area contributed by atoms with Gasteiger partial charge in [-0.05, 0) is 30.7 Å². The molecule has 0 saturated heterocycles. The Hall–Kier alpha value is -3.69. The number of halogens is 3. The molecule has 2 aromatic rings. The molecule has 0 atom stereocenters. The van der Waals surface area contributed by atoms with Gasteiger partial charge in [0.05, 0.1) is 16.7 Å². The zero-order valence-corrected chi connectivity index (χ0v) is 16.2. The first kappa shape index (κ1) is 22.0. The largest absolute Gasteiger partial charge is 0.354 e. The van der Waals surface area contributed by atoms with Gasteiger partial charge in [-0.1, -0.05) is 12.1 Å². The number of rotatable bonds is 8. The molecule has 1 heterocycles. The van der Waals surface area contributed by atoms with Crippen LogP contribution >= 0.6 is 0 Å². The molecule has 1 aliphatic rings. The van der Waals surface area contributed by atoms with Gasteiger partial charge in [0, 0.05) is 26.1 Å². The lowest BCUT2D eigenvalue weighted by Crippen LogP contribution is -2.36. The molecule has 2 aromatic carbocycles. The lowest BCUT2D eigenvalue weighted by atomic mass is 10.1. The summed E-state index contributed by atoms with van der Waals surface area (Å²) in [4.78, 5) is 49.3. The second-order valence-corrected chi connectivity index (χ2v) is 6.74. The van der Waals surface area contributed by atoms with Crippen molar-refractivity contribution in [1.82, 2.24) is 15.5 Å². The van der Waals surface area contributed by atoms with Gasteiger partial charge >= 0.3 is 0 Å². The van der Waals surface area contributed by atoms with Crippen molar-refractivity contribution in [2.75, 3.05) is 19.6 Å². The van der Waals surface area contributed by atoms with E-state index in [1.54, 1.807) is 24.3 Å². The first-order valence-electron chi connectivity index (χ1n) is 9.45. The van der Waals surface area contributed by atoms with Crippen molar-refractivity contribution >= 4 is 23.6 Å². The molecular formula is C21H18F3N3O4. The number of hydrogen-bond donors (Lipinski definition) is 2. The SMILES string of the molecule is O=C(CCCN1C(=O)c2ccccc2C1=O)NCCNC(=O)c1ccc(F)c(F)c1F. The third-order valence-corrected chi connectivity index (χ3v) is 4.68. The normalized spacial score (nSPS) is 12.7. The number of nitrogens with one attached hydrogen (secondary N) is 2. The van der Waals surface area contributed by atoms with Gasteiger partial charge in [0.1, 0.15) is 0 Å². The van der Waals surface area contributed by atoms with Crippen molar-refractivity contribution in [1.29, 1.82) is 0 Å². The Kier molecular flexibility index (Phi) is 6.68. The quantitative estimate of drug-likeness (QED) is 0.378. The Morgan fingerprint density at radius 1 is 0.839 bits per heavy atom. The Balaban J connectivity index is 1.37. The maximum Gasteiger partial charge on any atom is 0.261 e. The molecule has 0 bridgehead atoms. The summed E-state index contributed by atoms with van der Waals surface area (Å²) in [5.41, 5.74) is 0.0292. The molecule has 0 unspecified atom stereocenters. The summed E-state index contributed by atoms with van der Waals surface area (Å²) in [5.74, 6) is -6.83. The molecule has 0 spiro atoms. The standard InChI is InChI=1S/C21H18F3N3O4/c22-15-8-7-14(17(23)18(15)24)19(29)26-10-9-25-16(28)6-3-11-27-20(30)12-4-1-2-5-13(12)21(27)31/h1-2,4-5,7-8H,3,6,9-11H2,(H,25,28)(H,26,29). The minimum atomic E-state index is -1.74. The molecule has 31 heavy (non-hydrogen) atoms. The molecule has 10 heteroatoms. The van der Waals surface area contributed by atoms with Crippen LogP contribution in [0.2, 0.25) is 0 Å². The fourth-order valence-corrected chi connectivity index (χ4v) is 3.10. The monoisotopic (exact) mass is 433 g/mol. The van der Waals surface area contributed by atoms with Gasteiger partial charge in [0.25, 0.3) is 17.7 Å². The number of imide groups is 1. The van der Waals surface area contributed by atoms with Crippen LogP contribution in [0.25, 0.3) is 0 Å². The van der Waals surface area contributed by atoms with Gasteiger partial charge in [-0.2, -0.15) is 0 Å². The van der Waals surface area contributed by atoms with Gasteiger partial charge in [0.2, 0.25) is 5.91 Å². The van der Waals surface area contributed by atoms with Crippen LogP contribution in [0.3, 0.4) is 0 Å². The highest BCUT2D eigenvalue weighted by atomic mass is 19.2. The number of carbonyl (C=O) groups is 4. The Bertz CT molecular complexity index is 1020. The number of nitrogens with zero attached hydrogens (tertiary/aromatic N) is 1. The summed E-state index contributed by atoms with van der Waals surface area (Å²) < 4.78 is 39.6. The minimum Gasteiger partial charge on any atom is -0.354 e. The molecule has 162 valence electrons. The van der Waals surface area contributed by atoms with E-state index in [0.717, 1.165) is 11.0 Å². The summed E-state index contributed by atoms with van der Waals surface area (Å²) in [6, 6.07) is 7.94. The number of fused-ring (bicyclic) bond motifs is 1. The summed E-state index contributed by atoms with van der Waals surface area (Å²) >= 11 is 0. The van der Waals surface area contributed by atoms with E-state index < -0.39 is 40.7 Å². The molecule has 7 nitrogen and oxygen atoms in total. The molecule has 4 amide bonds. The second-order valence-electron chi connectivity index (χ2n) is 6.74. The fourth-order valence-electron chi connectivity index (χ4n) is 3.10. The van der Waals surface area contributed by atoms with Crippen molar-refractivity contribution in [3.8, 4) is 0 Å². The first-order chi connectivity index (χ1) is 14.8. The van der Waals surface area contributed by atoms with Crippen LogP contribution in [0.5, 0.6) is 0 Å². The lowest BCUT2D eigenvalue weighted by molar-refractivity contribution is -0.121. The van der Waals surface area contributed by atoms with Crippen LogP contribution < -0.4 is 10.6 Å². The molecule has 1 aliphatic heterocycles. The molecular weight excluding hydrogens is 415 g/mol. The van der Waals surface area contributed by atoms with E-state index in [-0.39, 0.29) is 38.4 Å². The van der Waals surface area contributed by atoms with Crippen molar-refractivity contribution in [3.63, 3.8) is 0 Å². The lowest BCUT2D eigenvalue weighted by Gasteiger charge is -2.13. The fraction of sp³-hybridized carbons (Fsp3) is 0.238. The summed E-state index contributed by atoms with van der Waals surface area (Å²) in [6.45, 7) is 0.0379. The van der Waals surface area contributed by atoms with E-state index >= 15 is 0 Å². The van der Waals surface area contributed by atoms with Crippen LogP contribution in [0, 0.1) is 17.5 Å². The highest BCUT2D eigenvalue weighted by Gasteiger charge is 2.34. The van der Waals surface area contributed by atoms with E-state index in [4.69, 9.17) is 0 Å². The van der Waals surface area contributed by atoms with Crippen LogP contribution in [0.15, 0.2) is 36.4 Å². The van der Waals surface area contributed by atoms with Gasteiger partial charge < -0.3 is 10.6 Å². The second kappa shape index (κ2) is 9.41. The van der Waals surface area contributed by atoms with Gasteiger partial charge in [-0.3, -0.25) is 24.1 Å². The Labute approximate surface area is 175 Å². The van der Waals surface area contributed by atoms with E-state index in [0.29, 0.717) is 17.2 Å². The van der Waals surface area contributed by atoms with Crippen LogP contribution in [-0.4, -0.2) is 48.2 Å². The molecule has 0 aromatic heterocycles. The van der Waals surface area contributed by atoms with E-state index in [1.807, 2.05) is 0 Å². The van der Waals surface area contributed by atoms with Gasteiger partial charge in [-0.15, -0.1) is 0 Å². The molecule has 2 N–H and O–H groups in total. The van der Waals surface area contributed by atoms with Crippen LogP contribution in [0.1, 0.15) is 43.9 Å². The molecule has 0 aliphatic carbocycles. The van der Waals surface area contributed by atoms with Gasteiger partial charge in [-0.25, -0.2) is 13.2 Å². The van der Waals surface area contributed by atoms with Crippen molar-refractivity contribution in [2.24, 2.45) is 0 Å². The molecule has 0 fully saturated rings. The summed E-state index contributed by atoms with van der Waals surface area (Å²) in [7, 11) is 0. The smallest absolute Gasteiger partial charge is 0.261 e. The molecule has 0 saturated carbocycles. The average Bonchev–Trinajstić information content (AvgIpc) is 3.00. The van der Waals surface area contributed by atoms with Crippen molar-refractivity contribution in [3.05, 3.63) is 70.5 Å². The highest BCUT2D eigenvalue weighted by Crippen LogP contribution is 2.22.